The zero-order valence-corrected chi connectivity index (χ0v) is 22.5. The zero-order chi connectivity index (χ0) is 25.5. The summed E-state index contributed by atoms with van der Waals surface area (Å²) in [5.41, 5.74) is 1.15. The van der Waals surface area contributed by atoms with Gasteiger partial charge in [-0.05, 0) is 62.2 Å². The lowest BCUT2D eigenvalue weighted by Gasteiger charge is -2.32. The molecular formula is C24H32BrN3O5S. The van der Waals surface area contributed by atoms with Crippen LogP contribution in [0.25, 0.3) is 0 Å². The van der Waals surface area contributed by atoms with Gasteiger partial charge in [0.1, 0.15) is 18.3 Å². The number of anilines is 1. The fourth-order valence-electron chi connectivity index (χ4n) is 3.20. The van der Waals surface area contributed by atoms with Crippen LogP contribution in [0.3, 0.4) is 0 Å². The van der Waals surface area contributed by atoms with Gasteiger partial charge in [0, 0.05) is 17.1 Å². The molecular weight excluding hydrogens is 522 g/mol. The number of halogens is 1. The Kier molecular flexibility index (Phi) is 9.93. The topological polar surface area (TPSA) is 96.0 Å². The maximum Gasteiger partial charge on any atom is 0.244 e. The molecule has 0 radical (unpaired) electrons. The molecule has 0 saturated carbocycles. The minimum atomic E-state index is -3.76. The molecule has 2 aromatic rings. The molecule has 0 aromatic heterocycles. The fourth-order valence-corrected chi connectivity index (χ4v) is 4.31. The molecule has 0 heterocycles. The summed E-state index contributed by atoms with van der Waals surface area (Å²) < 4.78 is 32.1. The van der Waals surface area contributed by atoms with Crippen LogP contribution in [0.4, 0.5) is 5.69 Å². The summed E-state index contributed by atoms with van der Waals surface area (Å²) in [6, 6.07) is 12.9. The van der Waals surface area contributed by atoms with Crippen molar-refractivity contribution < 1.29 is 22.7 Å². The van der Waals surface area contributed by atoms with Crippen LogP contribution in [0.15, 0.2) is 53.0 Å². The second-order valence-electron chi connectivity index (χ2n) is 8.11. The maximum atomic E-state index is 13.5. The highest BCUT2D eigenvalue weighted by molar-refractivity contribution is 9.10. The summed E-state index contributed by atoms with van der Waals surface area (Å²) in [7, 11) is -2.19. The molecule has 0 spiro atoms. The second kappa shape index (κ2) is 12.2. The summed E-state index contributed by atoms with van der Waals surface area (Å²) >= 11 is 3.33. The van der Waals surface area contributed by atoms with Gasteiger partial charge in [-0.25, -0.2) is 8.42 Å². The minimum absolute atomic E-state index is 0.0526. The molecule has 186 valence electrons. The summed E-state index contributed by atoms with van der Waals surface area (Å²) in [5.74, 6) is -0.121. The van der Waals surface area contributed by atoms with E-state index in [4.69, 9.17) is 4.74 Å². The largest absolute Gasteiger partial charge is 0.497 e. The van der Waals surface area contributed by atoms with E-state index in [0.29, 0.717) is 11.4 Å². The molecule has 0 fully saturated rings. The number of sulfonamides is 1. The first kappa shape index (κ1) is 27.7. The number of methoxy groups -OCH3 is 1. The number of carbonyl (C=O) groups excluding carboxylic acids is 2. The molecule has 0 bridgehead atoms. The van der Waals surface area contributed by atoms with Crippen molar-refractivity contribution >= 4 is 43.5 Å². The van der Waals surface area contributed by atoms with Gasteiger partial charge in [0.2, 0.25) is 21.8 Å². The quantitative estimate of drug-likeness (QED) is 0.459. The first-order valence-electron chi connectivity index (χ1n) is 10.9. The number of carbonyl (C=O) groups is 2. The molecule has 0 saturated heterocycles. The van der Waals surface area contributed by atoms with Gasteiger partial charge in [0.05, 0.1) is 19.1 Å². The van der Waals surface area contributed by atoms with Crippen LogP contribution in [0.1, 0.15) is 32.8 Å². The molecule has 8 nitrogen and oxygen atoms in total. The van der Waals surface area contributed by atoms with Gasteiger partial charge in [-0.3, -0.25) is 13.9 Å². The number of hydrogen-bond donors (Lipinski definition) is 1. The Morgan fingerprint density at radius 1 is 1.06 bits per heavy atom. The Balaban J connectivity index is 2.36. The third kappa shape index (κ3) is 7.73. The predicted molar refractivity (Wildman–Crippen MR) is 137 cm³/mol. The van der Waals surface area contributed by atoms with Crippen molar-refractivity contribution in [3.63, 3.8) is 0 Å². The Morgan fingerprint density at radius 2 is 1.65 bits per heavy atom. The van der Waals surface area contributed by atoms with E-state index in [1.54, 1.807) is 50.4 Å². The van der Waals surface area contributed by atoms with E-state index in [1.165, 1.54) is 4.90 Å². The van der Waals surface area contributed by atoms with E-state index >= 15 is 0 Å². The highest BCUT2D eigenvalue weighted by Crippen LogP contribution is 2.22. The number of hydrogen-bond acceptors (Lipinski definition) is 5. The van der Waals surface area contributed by atoms with Gasteiger partial charge >= 0.3 is 0 Å². The average Bonchev–Trinajstić information content (AvgIpc) is 2.80. The molecule has 0 unspecified atom stereocenters. The Labute approximate surface area is 210 Å². The van der Waals surface area contributed by atoms with E-state index in [9.17, 15) is 18.0 Å². The van der Waals surface area contributed by atoms with E-state index in [1.807, 2.05) is 26.0 Å². The number of benzene rings is 2. The highest BCUT2D eigenvalue weighted by atomic mass is 79.9. The van der Waals surface area contributed by atoms with E-state index < -0.39 is 28.5 Å². The van der Waals surface area contributed by atoms with Crippen molar-refractivity contribution in [1.29, 1.82) is 0 Å². The van der Waals surface area contributed by atoms with Gasteiger partial charge in [-0.2, -0.15) is 0 Å². The number of ether oxygens (including phenoxy) is 1. The summed E-state index contributed by atoms with van der Waals surface area (Å²) in [5, 5.41) is 2.90. The lowest BCUT2D eigenvalue weighted by atomic mass is 10.1. The summed E-state index contributed by atoms with van der Waals surface area (Å²) in [4.78, 5) is 27.8. The van der Waals surface area contributed by atoms with Crippen molar-refractivity contribution in [1.82, 2.24) is 10.2 Å². The molecule has 1 N–H and O–H groups in total. The van der Waals surface area contributed by atoms with Crippen molar-refractivity contribution in [2.75, 3.05) is 24.2 Å². The van der Waals surface area contributed by atoms with Gasteiger partial charge in [-0.1, -0.05) is 35.0 Å². The molecule has 2 atom stereocenters. The van der Waals surface area contributed by atoms with Crippen LogP contribution in [0.2, 0.25) is 0 Å². The first-order chi connectivity index (χ1) is 16.0. The SMILES string of the molecule is CC[C@@H](C)NC(=O)[C@H](C)N(Cc1ccc(OC)cc1)C(=O)CN(c1ccc(Br)cc1)S(C)(=O)=O. The molecule has 0 aliphatic rings. The number of nitrogens with zero attached hydrogens (tertiary/aromatic N) is 2. The molecule has 2 amide bonds. The van der Waals surface area contributed by atoms with Crippen molar-refractivity contribution in [3.8, 4) is 5.75 Å². The van der Waals surface area contributed by atoms with Gasteiger partial charge in [0.25, 0.3) is 0 Å². The summed E-state index contributed by atoms with van der Waals surface area (Å²) in [6.45, 7) is 5.19. The molecule has 2 rings (SSSR count). The van der Waals surface area contributed by atoms with Crippen LogP contribution in [0.5, 0.6) is 5.75 Å². The van der Waals surface area contributed by atoms with Crippen LogP contribution >= 0.6 is 15.9 Å². The van der Waals surface area contributed by atoms with Crippen molar-refractivity contribution in [2.24, 2.45) is 0 Å². The van der Waals surface area contributed by atoms with Gasteiger partial charge < -0.3 is 15.0 Å². The number of amides is 2. The monoisotopic (exact) mass is 553 g/mol. The fraction of sp³-hybridized carbons (Fsp3) is 0.417. The van der Waals surface area contributed by atoms with Crippen LogP contribution < -0.4 is 14.4 Å². The van der Waals surface area contributed by atoms with Crippen molar-refractivity contribution in [2.45, 2.75) is 45.8 Å². The van der Waals surface area contributed by atoms with Crippen LogP contribution in [-0.4, -0.2) is 57.1 Å². The maximum absolute atomic E-state index is 13.5. The van der Waals surface area contributed by atoms with Gasteiger partial charge in [0.15, 0.2) is 0 Å². The predicted octanol–water partition coefficient (Wildman–Crippen LogP) is 3.56. The standard InChI is InChI=1S/C24H32BrN3O5S/c1-6-17(2)26-24(30)18(3)27(15-19-7-13-22(33-4)14-8-19)23(29)16-28(34(5,31)32)21-11-9-20(25)10-12-21/h7-14,17-18H,6,15-16H2,1-5H3,(H,26,30)/t17-,18+/m1/s1. The van der Waals surface area contributed by atoms with E-state index in [2.05, 4.69) is 21.2 Å². The van der Waals surface area contributed by atoms with E-state index in [-0.39, 0.29) is 18.5 Å². The zero-order valence-electron chi connectivity index (χ0n) is 20.1. The number of nitrogens with one attached hydrogen (secondary N) is 1. The minimum Gasteiger partial charge on any atom is -0.497 e. The molecule has 2 aromatic carbocycles. The Bertz CT molecular complexity index is 1070. The van der Waals surface area contributed by atoms with Crippen LogP contribution in [-0.2, 0) is 26.2 Å². The molecule has 34 heavy (non-hydrogen) atoms. The van der Waals surface area contributed by atoms with Crippen LogP contribution in [0, 0.1) is 0 Å². The van der Waals surface area contributed by atoms with Gasteiger partial charge in [-0.15, -0.1) is 0 Å². The Hall–Kier alpha value is -2.59. The molecule has 10 heteroatoms. The molecule has 0 aliphatic heterocycles. The lowest BCUT2D eigenvalue weighted by Crippen LogP contribution is -2.52. The normalized spacial score (nSPS) is 13.0. The highest BCUT2D eigenvalue weighted by Gasteiger charge is 2.30. The third-order valence-corrected chi connectivity index (χ3v) is 7.14. The number of rotatable bonds is 11. The first-order valence-corrected chi connectivity index (χ1v) is 13.6. The van der Waals surface area contributed by atoms with E-state index in [0.717, 1.165) is 27.0 Å². The average molecular weight is 555 g/mol. The van der Waals surface area contributed by atoms with Crippen molar-refractivity contribution in [3.05, 3.63) is 58.6 Å². The lowest BCUT2D eigenvalue weighted by molar-refractivity contribution is -0.139. The smallest absolute Gasteiger partial charge is 0.244 e. The summed E-state index contributed by atoms with van der Waals surface area (Å²) in [6.07, 6.45) is 1.80. The third-order valence-electron chi connectivity index (χ3n) is 5.47. The second-order valence-corrected chi connectivity index (χ2v) is 10.9. The Morgan fingerprint density at radius 3 is 2.15 bits per heavy atom. The molecule has 0 aliphatic carbocycles.